The van der Waals surface area contributed by atoms with Crippen molar-refractivity contribution in [1.29, 1.82) is 0 Å². The Kier molecular flexibility index (Phi) is 9.75. The number of carbonyl (C=O) groups is 2. The lowest BCUT2D eigenvalue weighted by Crippen LogP contribution is -2.30. The molecule has 2 amide bonds. The van der Waals surface area contributed by atoms with Gasteiger partial charge in [0.2, 0.25) is 21.8 Å². The van der Waals surface area contributed by atoms with Crippen LogP contribution in [-0.4, -0.2) is 49.5 Å². The highest BCUT2D eigenvalue weighted by Gasteiger charge is 2.23. The molecule has 0 aliphatic carbocycles. The van der Waals surface area contributed by atoms with E-state index in [-0.39, 0.29) is 28.6 Å². The fraction of sp³-hybridized carbons (Fsp3) is 0.391. The van der Waals surface area contributed by atoms with Crippen molar-refractivity contribution in [3.05, 3.63) is 42.5 Å². The zero-order chi connectivity index (χ0) is 24.6. The molecule has 2 rings (SSSR count). The number of ether oxygens (including phenoxy) is 1. The van der Waals surface area contributed by atoms with Gasteiger partial charge in [-0.25, -0.2) is 8.42 Å². The van der Waals surface area contributed by atoms with Crippen molar-refractivity contribution in [3.63, 3.8) is 0 Å². The molecule has 0 saturated carbocycles. The third kappa shape index (κ3) is 7.76. The minimum Gasteiger partial charge on any atom is -0.489 e. The zero-order valence-electron chi connectivity index (χ0n) is 19.5. The van der Waals surface area contributed by atoms with E-state index in [1.165, 1.54) is 35.1 Å². The monoisotopic (exact) mass is 493 g/mol. The standard InChI is InChI=1S/C23H31N3O5S2/c1-6-26(7-2)33(29,30)20-12-13-22(31-16(3)4)21(14-20)25-23(28)15-32-19-10-8-18(9-11-19)24-17(5)27/h8-14,16H,6-7,15H2,1-5H3,(H,24,27)(H,25,28). The summed E-state index contributed by atoms with van der Waals surface area (Å²) in [5.74, 6) is 0.0750. The first-order chi connectivity index (χ1) is 15.6. The highest BCUT2D eigenvalue weighted by Crippen LogP contribution is 2.30. The van der Waals surface area contributed by atoms with Crippen LogP contribution in [0, 0.1) is 0 Å². The Morgan fingerprint density at radius 2 is 1.67 bits per heavy atom. The molecule has 0 heterocycles. The summed E-state index contributed by atoms with van der Waals surface area (Å²) in [6, 6.07) is 11.7. The predicted octanol–water partition coefficient (Wildman–Crippen LogP) is 4.19. The number of thioether (sulfide) groups is 1. The number of hydrogen-bond acceptors (Lipinski definition) is 6. The highest BCUT2D eigenvalue weighted by molar-refractivity contribution is 8.00. The summed E-state index contributed by atoms with van der Waals surface area (Å²) in [6.07, 6.45) is -0.151. The summed E-state index contributed by atoms with van der Waals surface area (Å²) in [5, 5.41) is 5.48. The number of nitrogens with one attached hydrogen (secondary N) is 2. The third-order valence-corrected chi connectivity index (χ3v) is 7.53. The second-order valence-corrected chi connectivity index (χ2v) is 10.4. The fourth-order valence-electron chi connectivity index (χ4n) is 3.01. The van der Waals surface area contributed by atoms with Gasteiger partial charge in [-0.1, -0.05) is 13.8 Å². The Labute approximate surface area is 200 Å². The molecule has 180 valence electrons. The average Bonchev–Trinajstić information content (AvgIpc) is 2.74. The van der Waals surface area contributed by atoms with Crippen molar-refractivity contribution in [3.8, 4) is 5.75 Å². The van der Waals surface area contributed by atoms with Crippen molar-refractivity contribution in [2.24, 2.45) is 0 Å². The molecule has 0 bridgehead atoms. The Morgan fingerprint density at radius 3 is 2.21 bits per heavy atom. The van der Waals surface area contributed by atoms with Gasteiger partial charge in [0.05, 0.1) is 22.4 Å². The second-order valence-electron chi connectivity index (χ2n) is 7.46. The zero-order valence-corrected chi connectivity index (χ0v) is 21.2. The van der Waals surface area contributed by atoms with Crippen LogP contribution < -0.4 is 15.4 Å². The number of amides is 2. The molecular weight excluding hydrogens is 462 g/mol. The van der Waals surface area contributed by atoms with E-state index in [1.54, 1.807) is 32.0 Å². The molecule has 0 spiro atoms. The number of anilines is 2. The SMILES string of the molecule is CCN(CC)S(=O)(=O)c1ccc(OC(C)C)c(NC(=O)CSc2ccc(NC(C)=O)cc2)c1. The number of carbonyl (C=O) groups excluding carboxylic acids is 2. The Hall–Kier alpha value is -2.56. The summed E-state index contributed by atoms with van der Waals surface area (Å²) in [7, 11) is -3.68. The van der Waals surface area contributed by atoms with Crippen molar-refractivity contribution < 1.29 is 22.7 Å². The Balaban J connectivity index is 2.17. The van der Waals surface area contributed by atoms with Crippen LogP contribution >= 0.6 is 11.8 Å². The van der Waals surface area contributed by atoms with Gasteiger partial charge in [0.1, 0.15) is 5.75 Å². The predicted molar refractivity (Wildman–Crippen MR) is 132 cm³/mol. The van der Waals surface area contributed by atoms with Gasteiger partial charge in [-0.3, -0.25) is 9.59 Å². The van der Waals surface area contributed by atoms with Crippen molar-refractivity contribution in [2.75, 3.05) is 29.5 Å². The first-order valence-electron chi connectivity index (χ1n) is 10.7. The number of rotatable bonds is 11. The largest absolute Gasteiger partial charge is 0.489 e. The Morgan fingerprint density at radius 1 is 1.03 bits per heavy atom. The second kappa shape index (κ2) is 12.1. The van der Waals surface area contributed by atoms with Gasteiger partial charge in [0.15, 0.2) is 0 Å². The molecule has 2 aromatic rings. The summed E-state index contributed by atoms with van der Waals surface area (Å²) in [4.78, 5) is 24.7. The van der Waals surface area contributed by atoms with Crippen LogP contribution in [0.15, 0.2) is 52.3 Å². The lowest BCUT2D eigenvalue weighted by atomic mass is 10.3. The number of sulfonamides is 1. The molecule has 2 N–H and O–H groups in total. The van der Waals surface area contributed by atoms with Crippen LogP contribution in [0.4, 0.5) is 11.4 Å². The van der Waals surface area contributed by atoms with Crippen LogP contribution in [0.2, 0.25) is 0 Å². The van der Waals surface area contributed by atoms with Gasteiger partial charge < -0.3 is 15.4 Å². The maximum Gasteiger partial charge on any atom is 0.243 e. The molecule has 0 aliphatic rings. The third-order valence-electron chi connectivity index (χ3n) is 4.48. The first-order valence-corrected chi connectivity index (χ1v) is 13.1. The highest BCUT2D eigenvalue weighted by atomic mass is 32.2. The van der Waals surface area contributed by atoms with Crippen molar-refractivity contribution >= 4 is 45.0 Å². The molecule has 0 aromatic heterocycles. The van der Waals surface area contributed by atoms with Crippen LogP contribution in [0.25, 0.3) is 0 Å². The van der Waals surface area contributed by atoms with E-state index in [0.717, 1.165) is 4.90 Å². The van der Waals surface area contributed by atoms with Crippen molar-refractivity contribution in [2.45, 2.75) is 50.5 Å². The summed E-state index contributed by atoms with van der Waals surface area (Å²) < 4.78 is 33.0. The molecule has 10 heteroatoms. The maximum absolute atomic E-state index is 12.9. The molecule has 0 aliphatic heterocycles. The molecule has 0 fully saturated rings. The molecule has 0 unspecified atom stereocenters. The normalized spacial score (nSPS) is 11.5. The average molecular weight is 494 g/mol. The van der Waals surface area contributed by atoms with E-state index in [0.29, 0.717) is 30.2 Å². The quantitative estimate of drug-likeness (QED) is 0.455. The molecule has 0 atom stereocenters. The lowest BCUT2D eigenvalue weighted by molar-refractivity contribution is -0.114. The first kappa shape index (κ1) is 26.7. The van der Waals surface area contributed by atoms with Gasteiger partial charge in [0.25, 0.3) is 0 Å². The molecular formula is C23H31N3O5S2. The van der Waals surface area contributed by atoms with Crippen LogP contribution in [-0.2, 0) is 19.6 Å². The van der Waals surface area contributed by atoms with Crippen LogP contribution in [0.5, 0.6) is 5.75 Å². The van der Waals surface area contributed by atoms with Gasteiger partial charge in [-0.15, -0.1) is 11.8 Å². The van der Waals surface area contributed by atoms with Crippen molar-refractivity contribution in [1.82, 2.24) is 4.31 Å². The van der Waals surface area contributed by atoms with Gasteiger partial charge in [0, 0.05) is 30.6 Å². The van der Waals surface area contributed by atoms with E-state index >= 15 is 0 Å². The van der Waals surface area contributed by atoms with Gasteiger partial charge in [-0.2, -0.15) is 4.31 Å². The molecule has 0 saturated heterocycles. The fourth-order valence-corrected chi connectivity index (χ4v) is 5.19. The van der Waals surface area contributed by atoms with E-state index in [4.69, 9.17) is 4.74 Å². The molecule has 33 heavy (non-hydrogen) atoms. The minimum atomic E-state index is -3.68. The Bertz CT molecular complexity index is 1070. The van der Waals surface area contributed by atoms with E-state index in [2.05, 4.69) is 10.6 Å². The van der Waals surface area contributed by atoms with Gasteiger partial charge >= 0.3 is 0 Å². The lowest BCUT2D eigenvalue weighted by Gasteiger charge is -2.20. The number of nitrogens with zero attached hydrogens (tertiary/aromatic N) is 1. The summed E-state index contributed by atoms with van der Waals surface area (Å²) in [5.41, 5.74) is 0.988. The molecule has 2 aromatic carbocycles. The molecule has 0 radical (unpaired) electrons. The number of benzene rings is 2. The maximum atomic E-state index is 12.9. The van der Waals surface area contributed by atoms with E-state index in [1.807, 2.05) is 26.0 Å². The van der Waals surface area contributed by atoms with Crippen LogP contribution in [0.1, 0.15) is 34.6 Å². The smallest absolute Gasteiger partial charge is 0.243 e. The number of hydrogen-bond donors (Lipinski definition) is 2. The summed E-state index contributed by atoms with van der Waals surface area (Å²) in [6.45, 7) is 9.40. The van der Waals surface area contributed by atoms with Gasteiger partial charge in [-0.05, 0) is 56.3 Å². The van der Waals surface area contributed by atoms with Crippen LogP contribution in [0.3, 0.4) is 0 Å². The van der Waals surface area contributed by atoms with E-state index < -0.39 is 10.0 Å². The summed E-state index contributed by atoms with van der Waals surface area (Å²) >= 11 is 1.32. The van der Waals surface area contributed by atoms with E-state index in [9.17, 15) is 18.0 Å². The molecule has 8 nitrogen and oxygen atoms in total. The topological polar surface area (TPSA) is 105 Å². The minimum absolute atomic E-state index is 0.0961.